The van der Waals surface area contributed by atoms with E-state index in [1.165, 1.54) is 6.07 Å². The summed E-state index contributed by atoms with van der Waals surface area (Å²) in [5, 5.41) is 2.23. The number of nitrogens with zero attached hydrogens (tertiary/aromatic N) is 2. The van der Waals surface area contributed by atoms with Crippen LogP contribution in [0.2, 0.25) is 0 Å². The number of imide groups is 1. The summed E-state index contributed by atoms with van der Waals surface area (Å²) in [6.45, 7) is 3.95. The molecule has 10 heteroatoms. The van der Waals surface area contributed by atoms with Crippen LogP contribution in [0, 0.1) is 5.82 Å². The fraction of sp³-hybridized carbons (Fsp3) is 0.318. The van der Waals surface area contributed by atoms with E-state index in [1.54, 1.807) is 12.1 Å². The van der Waals surface area contributed by atoms with Gasteiger partial charge >= 0.3 is 0 Å². The van der Waals surface area contributed by atoms with Crippen LogP contribution in [0.15, 0.2) is 24.4 Å². The Morgan fingerprint density at radius 2 is 1.91 bits per heavy atom. The maximum absolute atomic E-state index is 14.7. The maximum atomic E-state index is 14.7. The lowest BCUT2D eigenvalue weighted by atomic mass is 10.0. The van der Waals surface area contributed by atoms with E-state index < -0.39 is 11.7 Å². The van der Waals surface area contributed by atoms with Crippen molar-refractivity contribution in [1.82, 2.24) is 14.8 Å². The normalized spacial score (nSPS) is 20.3. The highest BCUT2D eigenvalue weighted by Gasteiger charge is 2.32. The Kier molecular flexibility index (Phi) is 5.58. The van der Waals surface area contributed by atoms with Gasteiger partial charge in [-0.1, -0.05) is 11.8 Å². The van der Waals surface area contributed by atoms with Crippen molar-refractivity contribution >= 4 is 46.2 Å². The molecular weight excluding hydrogens is 435 g/mol. The molecule has 3 amide bonds. The van der Waals surface area contributed by atoms with Crippen LogP contribution in [-0.2, 0) is 27.4 Å². The van der Waals surface area contributed by atoms with Gasteiger partial charge in [0.05, 0.1) is 36.8 Å². The molecule has 0 spiro atoms. The zero-order valence-electron chi connectivity index (χ0n) is 17.2. The Morgan fingerprint density at radius 1 is 1.09 bits per heavy atom. The lowest BCUT2D eigenvalue weighted by molar-refractivity contribution is -0.125. The highest BCUT2D eigenvalue weighted by Crippen LogP contribution is 2.36. The maximum Gasteiger partial charge on any atom is 0.289 e. The predicted octanol–water partition coefficient (Wildman–Crippen LogP) is 2.67. The molecule has 0 saturated carbocycles. The van der Waals surface area contributed by atoms with Crippen LogP contribution in [0.4, 0.5) is 14.9 Å². The first-order chi connectivity index (χ1) is 15.5. The number of rotatable bonds is 5. The Balaban J connectivity index is 1.40. The van der Waals surface area contributed by atoms with Crippen molar-refractivity contribution in [1.29, 1.82) is 0 Å². The van der Waals surface area contributed by atoms with Crippen molar-refractivity contribution in [2.45, 2.75) is 13.1 Å². The molecule has 1 aromatic carbocycles. The number of H-pyrrole nitrogens is 1. The number of carbonyl (C=O) groups excluding carboxylic acids is 3. The third-order valence-electron chi connectivity index (χ3n) is 5.68. The number of ether oxygens (including phenoxy) is 1. The number of benzene rings is 1. The highest BCUT2D eigenvalue weighted by atomic mass is 32.2. The van der Waals surface area contributed by atoms with Crippen molar-refractivity contribution in [2.75, 3.05) is 37.4 Å². The summed E-state index contributed by atoms with van der Waals surface area (Å²) in [6, 6.07) is 4.87. The molecule has 3 aliphatic heterocycles. The van der Waals surface area contributed by atoms with E-state index in [0.717, 1.165) is 60.8 Å². The van der Waals surface area contributed by atoms with Crippen molar-refractivity contribution in [3.8, 4) is 0 Å². The lowest BCUT2D eigenvalue weighted by Crippen LogP contribution is -2.35. The van der Waals surface area contributed by atoms with Crippen molar-refractivity contribution in [3.63, 3.8) is 0 Å². The number of halogens is 1. The Hall–Kier alpha value is -2.95. The lowest BCUT2D eigenvalue weighted by Gasteiger charge is -2.25. The monoisotopic (exact) mass is 456 g/mol. The van der Waals surface area contributed by atoms with Crippen LogP contribution >= 0.6 is 11.8 Å². The smallest absolute Gasteiger partial charge is 0.289 e. The summed E-state index contributed by atoms with van der Waals surface area (Å²) in [7, 11) is 0. The second-order valence-corrected chi connectivity index (χ2v) is 8.83. The van der Waals surface area contributed by atoms with E-state index in [1.807, 2.05) is 12.3 Å². The molecule has 1 aromatic heterocycles. The van der Waals surface area contributed by atoms with Crippen LogP contribution in [0.5, 0.6) is 0 Å². The van der Waals surface area contributed by atoms with Gasteiger partial charge in [0.15, 0.2) is 0 Å². The van der Waals surface area contributed by atoms with Crippen molar-refractivity contribution < 1.29 is 23.5 Å². The number of hydrogen-bond acceptors (Lipinski definition) is 6. The molecule has 0 radical (unpaired) electrons. The Labute approximate surface area is 187 Å². The Morgan fingerprint density at radius 3 is 2.66 bits per heavy atom. The predicted molar refractivity (Wildman–Crippen MR) is 118 cm³/mol. The summed E-state index contributed by atoms with van der Waals surface area (Å²) in [5.41, 5.74) is 3.13. The molecule has 4 heterocycles. The third-order valence-corrected chi connectivity index (χ3v) is 6.54. The van der Waals surface area contributed by atoms with Crippen molar-refractivity contribution in [2.24, 2.45) is 0 Å². The fourth-order valence-corrected chi connectivity index (χ4v) is 4.79. The van der Waals surface area contributed by atoms with Crippen LogP contribution in [-0.4, -0.2) is 63.9 Å². The first-order valence-corrected chi connectivity index (χ1v) is 11.3. The molecule has 166 valence electrons. The largest absolute Gasteiger partial charge is 0.379 e. The topological polar surface area (TPSA) is 94.7 Å². The van der Waals surface area contributed by atoms with E-state index in [-0.39, 0.29) is 29.1 Å². The summed E-state index contributed by atoms with van der Waals surface area (Å²) in [6.07, 6.45) is 3.59. The zero-order chi connectivity index (χ0) is 22.2. The minimum atomic E-state index is -0.597. The number of anilines is 1. The van der Waals surface area contributed by atoms with E-state index >= 15 is 0 Å². The quantitative estimate of drug-likeness (QED) is 0.672. The minimum Gasteiger partial charge on any atom is -0.379 e. The Bertz CT molecular complexity index is 1120. The summed E-state index contributed by atoms with van der Waals surface area (Å²) < 4.78 is 20.1. The molecule has 5 rings (SSSR count). The molecule has 0 bridgehead atoms. The van der Waals surface area contributed by atoms with E-state index in [4.69, 9.17) is 4.74 Å². The van der Waals surface area contributed by atoms with Gasteiger partial charge in [-0.2, -0.15) is 0 Å². The van der Waals surface area contributed by atoms with Crippen LogP contribution in [0.25, 0.3) is 11.6 Å². The molecule has 0 atom stereocenters. The highest BCUT2D eigenvalue weighted by molar-refractivity contribution is 8.14. The number of aromatic nitrogens is 1. The minimum absolute atomic E-state index is 0.0253. The van der Waals surface area contributed by atoms with Crippen LogP contribution in [0.1, 0.15) is 22.4 Å². The third kappa shape index (κ3) is 4.08. The van der Waals surface area contributed by atoms with Gasteiger partial charge in [-0.15, -0.1) is 0 Å². The van der Waals surface area contributed by atoms with Crippen LogP contribution in [0.3, 0.4) is 0 Å². The number of hydrogen-bond donors (Lipinski definition) is 2. The summed E-state index contributed by atoms with van der Waals surface area (Å²) in [5.74, 6) is -1.20. The second-order valence-electron chi connectivity index (χ2n) is 7.90. The number of nitrogens with one attached hydrogen (secondary N) is 2. The van der Waals surface area contributed by atoms with Gasteiger partial charge in [0.2, 0.25) is 5.91 Å². The number of aromatic amines is 1. The standard InChI is InChI=1S/C22H21FN4O4S/c23-18-7-13(11-27-19(28)12-32-22(27)30)6-16-17(21(29)25-20(16)18)8-15-5-14(9-24-15)10-26-1-3-31-4-2-26/h5-9,24H,1-4,10-12H2,(H,25,29)/b17-8-. The molecule has 3 aliphatic rings. The second kappa shape index (κ2) is 8.53. The summed E-state index contributed by atoms with van der Waals surface area (Å²) in [4.78, 5) is 42.9. The number of thioether (sulfide) groups is 1. The SMILES string of the molecule is O=C1Nc2c(F)cc(CN3C(=O)CSC3=O)cc2/C1=C/c1cc(CN2CCOCC2)c[nH]1. The molecule has 2 aromatic rings. The van der Waals surface area contributed by atoms with Crippen LogP contribution < -0.4 is 5.32 Å². The van der Waals surface area contributed by atoms with Gasteiger partial charge in [0.25, 0.3) is 11.1 Å². The number of amides is 3. The van der Waals surface area contributed by atoms with E-state index in [2.05, 4.69) is 15.2 Å². The van der Waals surface area contributed by atoms with E-state index in [0.29, 0.717) is 16.7 Å². The number of carbonyl (C=O) groups is 3. The van der Waals surface area contributed by atoms with Gasteiger partial charge in [-0.05, 0) is 35.4 Å². The molecule has 2 fully saturated rings. The van der Waals surface area contributed by atoms with Gasteiger partial charge in [-0.3, -0.25) is 24.2 Å². The first-order valence-electron chi connectivity index (χ1n) is 10.3. The van der Waals surface area contributed by atoms with Gasteiger partial charge in [-0.25, -0.2) is 4.39 Å². The average Bonchev–Trinajstić information content (AvgIpc) is 3.44. The van der Waals surface area contributed by atoms with E-state index in [9.17, 15) is 18.8 Å². The molecule has 0 aliphatic carbocycles. The average molecular weight is 456 g/mol. The summed E-state index contributed by atoms with van der Waals surface area (Å²) >= 11 is 0.931. The first kappa shape index (κ1) is 20.9. The molecule has 2 saturated heterocycles. The van der Waals surface area contributed by atoms with Gasteiger partial charge in [0, 0.05) is 37.1 Å². The van der Waals surface area contributed by atoms with Gasteiger partial charge < -0.3 is 15.0 Å². The van der Waals surface area contributed by atoms with Crippen molar-refractivity contribution in [3.05, 3.63) is 52.6 Å². The molecule has 8 nitrogen and oxygen atoms in total. The fourth-order valence-electron chi connectivity index (χ4n) is 4.06. The zero-order valence-corrected chi connectivity index (χ0v) is 18.0. The molecular formula is C22H21FN4O4S. The molecule has 0 unspecified atom stereocenters. The number of fused-ring (bicyclic) bond motifs is 1. The van der Waals surface area contributed by atoms with Gasteiger partial charge in [0.1, 0.15) is 5.82 Å². The molecule has 2 N–H and O–H groups in total. The molecule has 32 heavy (non-hydrogen) atoms. The number of morpholine rings is 1.